The average Bonchev–Trinajstić information content (AvgIpc) is 3.42. The van der Waals surface area contributed by atoms with Gasteiger partial charge in [-0.2, -0.15) is 0 Å². The fraction of sp³-hybridized carbons (Fsp3) is 0.304. The molecule has 0 spiro atoms. The lowest BCUT2D eigenvalue weighted by molar-refractivity contribution is 0.215. The molecule has 2 amide bonds. The number of amides is 2. The van der Waals surface area contributed by atoms with Gasteiger partial charge in [-0.1, -0.05) is 36.4 Å². The third kappa shape index (κ3) is 4.74. The quantitative estimate of drug-likeness (QED) is 0.551. The zero-order valence-electron chi connectivity index (χ0n) is 17.0. The molecule has 0 unspecified atom stereocenters. The van der Waals surface area contributed by atoms with E-state index in [9.17, 15) is 4.79 Å². The molecule has 4 rings (SSSR count). The lowest BCUT2D eigenvalue weighted by atomic mass is 10.1. The second-order valence-corrected chi connectivity index (χ2v) is 7.28. The van der Waals surface area contributed by atoms with Crippen molar-refractivity contribution in [2.75, 3.05) is 20.3 Å². The van der Waals surface area contributed by atoms with Crippen molar-refractivity contribution in [1.82, 2.24) is 19.8 Å². The van der Waals surface area contributed by atoms with Crippen molar-refractivity contribution in [3.8, 4) is 11.5 Å². The van der Waals surface area contributed by atoms with Crippen LogP contribution in [0.25, 0.3) is 0 Å². The zero-order chi connectivity index (χ0) is 20.8. The summed E-state index contributed by atoms with van der Waals surface area (Å²) in [6.45, 7) is 2.60. The van der Waals surface area contributed by atoms with Crippen molar-refractivity contribution in [3.05, 3.63) is 78.4 Å². The largest absolute Gasteiger partial charge is 0.493 e. The highest BCUT2D eigenvalue weighted by Crippen LogP contribution is 2.30. The molecule has 0 aliphatic carbocycles. The van der Waals surface area contributed by atoms with Crippen LogP contribution in [0.5, 0.6) is 11.5 Å². The molecule has 0 saturated carbocycles. The Kier molecular flexibility index (Phi) is 6.17. The van der Waals surface area contributed by atoms with Crippen LogP contribution >= 0.6 is 0 Å². The van der Waals surface area contributed by atoms with Crippen LogP contribution in [0, 0.1) is 0 Å². The SMILES string of the molecule is COc1cc(CN2C[C@H](c3ccccc3)NC2=O)ccc1OCCCn1ccnc1. The standard InChI is InChI=1S/C23H26N4O3/c1-29-22-14-18(8-9-21(22)30-13-5-11-26-12-10-24-17-26)15-27-16-20(25-23(27)28)19-6-3-2-4-7-19/h2-4,6-10,12,14,17,20H,5,11,13,15-16H2,1H3,(H,25,28)/t20-/m1/s1. The van der Waals surface area contributed by atoms with Gasteiger partial charge in [0.2, 0.25) is 0 Å². The highest BCUT2D eigenvalue weighted by Gasteiger charge is 2.29. The number of hydrogen-bond donors (Lipinski definition) is 1. The number of hydrogen-bond acceptors (Lipinski definition) is 4. The number of carbonyl (C=O) groups excluding carboxylic acids is 1. The monoisotopic (exact) mass is 406 g/mol. The van der Waals surface area contributed by atoms with Crippen molar-refractivity contribution in [2.45, 2.75) is 25.6 Å². The Morgan fingerprint density at radius 2 is 2.03 bits per heavy atom. The second-order valence-electron chi connectivity index (χ2n) is 7.28. The molecule has 2 aromatic carbocycles. The number of nitrogens with one attached hydrogen (secondary N) is 1. The summed E-state index contributed by atoms with van der Waals surface area (Å²) in [4.78, 5) is 18.3. The fourth-order valence-corrected chi connectivity index (χ4v) is 3.60. The van der Waals surface area contributed by atoms with E-state index in [0.29, 0.717) is 31.2 Å². The number of aromatic nitrogens is 2. The molecule has 7 heteroatoms. The maximum Gasteiger partial charge on any atom is 0.318 e. The number of carbonyl (C=O) groups is 1. The number of rotatable bonds is 9. The summed E-state index contributed by atoms with van der Waals surface area (Å²) >= 11 is 0. The molecule has 30 heavy (non-hydrogen) atoms. The zero-order valence-corrected chi connectivity index (χ0v) is 17.0. The summed E-state index contributed by atoms with van der Waals surface area (Å²) in [5.41, 5.74) is 2.12. The molecule has 3 aromatic rings. The van der Waals surface area contributed by atoms with Gasteiger partial charge in [0.25, 0.3) is 0 Å². The lowest BCUT2D eigenvalue weighted by Crippen LogP contribution is -2.27. The number of imidazole rings is 1. The summed E-state index contributed by atoms with van der Waals surface area (Å²) in [7, 11) is 1.63. The molecule has 2 heterocycles. The summed E-state index contributed by atoms with van der Waals surface area (Å²) < 4.78 is 13.4. The van der Waals surface area contributed by atoms with Gasteiger partial charge in [-0.15, -0.1) is 0 Å². The predicted octanol–water partition coefficient (Wildman–Crippen LogP) is 3.63. The van der Waals surface area contributed by atoms with Crippen molar-refractivity contribution in [2.24, 2.45) is 0 Å². The maximum absolute atomic E-state index is 12.4. The van der Waals surface area contributed by atoms with Gasteiger partial charge in [0.05, 0.1) is 26.1 Å². The molecule has 1 saturated heterocycles. The van der Waals surface area contributed by atoms with E-state index in [-0.39, 0.29) is 12.1 Å². The molecule has 1 aliphatic rings. The Labute approximate surface area is 176 Å². The normalized spacial score (nSPS) is 15.8. The molecule has 1 N–H and O–H groups in total. The molecule has 1 fully saturated rings. The molecule has 1 aromatic heterocycles. The third-order valence-corrected chi connectivity index (χ3v) is 5.17. The Morgan fingerprint density at radius 1 is 1.17 bits per heavy atom. The van der Waals surface area contributed by atoms with E-state index in [1.807, 2.05) is 64.2 Å². The van der Waals surface area contributed by atoms with E-state index in [4.69, 9.17) is 9.47 Å². The Hall–Kier alpha value is -3.48. The molecule has 0 radical (unpaired) electrons. The van der Waals surface area contributed by atoms with Gasteiger partial charge in [-0.3, -0.25) is 0 Å². The highest BCUT2D eigenvalue weighted by molar-refractivity contribution is 5.77. The Balaban J connectivity index is 1.33. The van der Waals surface area contributed by atoms with Gasteiger partial charge in [-0.25, -0.2) is 9.78 Å². The third-order valence-electron chi connectivity index (χ3n) is 5.17. The van der Waals surface area contributed by atoms with E-state index in [0.717, 1.165) is 24.1 Å². The minimum atomic E-state index is -0.0531. The van der Waals surface area contributed by atoms with E-state index in [2.05, 4.69) is 10.3 Å². The van der Waals surface area contributed by atoms with Crippen LogP contribution in [0.15, 0.2) is 67.3 Å². The van der Waals surface area contributed by atoms with Crippen molar-refractivity contribution in [1.29, 1.82) is 0 Å². The first-order valence-electron chi connectivity index (χ1n) is 10.1. The van der Waals surface area contributed by atoms with Crippen LogP contribution < -0.4 is 14.8 Å². The number of urea groups is 1. The number of nitrogens with zero attached hydrogens (tertiary/aromatic N) is 3. The number of ether oxygens (including phenoxy) is 2. The molecule has 7 nitrogen and oxygen atoms in total. The van der Waals surface area contributed by atoms with Gasteiger partial charge in [-0.05, 0) is 29.7 Å². The smallest absolute Gasteiger partial charge is 0.318 e. The Morgan fingerprint density at radius 3 is 2.80 bits per heavy atom. The minimum Gasteiger partial charge on any atom is -0.493 e. The van der Waals surface area contributed by atoms with Crippen LogP contribution in [0.2, 0.25) is 0 Å². The first kappa shape index (κ1) is 19.8. The van der Waals surface area contributed by atoms with Crippen molar-refractivity contribution >= 4 is 6.03 Å². The molecule has 1 aliphatic heterocycles. The summed E-state index contributed by atoms with van der Waals surface area (Å²) in [6, 6.07) is 15.8. The molecular weight excluding hydrogens is 380 g/mol. The van der Waals surface area contributed by atoms with Crippen LogP contribution in [0.3, 0.4) is 0 Å². The van der Waals surface area contributed by atoms with E-state index in [1.165, 1.54) is 0 Å². The van der Waals surface area contributed by atoms with Crippen LogP contribution in [0.4, 0.5) is 4.79 Å². The first-order chi connectivity index (χ1) is 14.7. The topological polar surface area (TPSA) is 68.6 Å². The summed E-state index contributed by atoms with van der Waals surface area (Å²) in [6.07, 6.45) is 6.37. The van der Waals surface area contributed by atoms with Crippen LogP contribution in [-0.2, 0) is 13.1 Å². The first-order valence-corrected chi connectivity index (χ1v) is 10.1. The van der Waals surface area contributed by atoms with Crippen molar-refractivity contribution in [3.63, 3.8) is 0 Å². The lowest BCUT2D eigenvalue weighted by Gasteiger charge is -2.17. The molecular formula is C23H26N4O3. The Bertz CT molecular complexity index is 960. The average molecular weight is 406 g/mol. The van der Waals surface area contributed by atoms with Crippen LogP contribution in [-0.4, -0.2) is 40.7 Å². The number of benzene rings is 2. The second kappa shape index (κ2) is 9.35. The fourth-order valence-electron chi connectivity index (χ4n) is 3.60. The number of aryl methyl sites for hydroxylation is 1. The van der Waals surface area contributed by atoms with Gasteiger partial charge in [0.1, 0.15) is 0 Å². The van der Waals surface area contributed by atoms with E-state index < -0.39 is 0 Å². The van der Waals surface area contributed by atoms with Gasteiger partial charge >= 0.3 is 6.03 Å². The molecule has 1 atom stereocenters. The predicted molar refractivity (Wildman–Crippen MR) is 113 cm³/mol. The van der Waals surface area contributed by atoms with Gasteiger partial charge < -0.3 is 24.3 Å². The van der Waals surface area contributed by atoms with E-state index in [1.54, 1.807) is 19.6 Å². The maximum atomic E-state index is 12.4. The summed E-state index contributed by atoms with van der Waals surface area (Å²) in [5.74, 6) is 1.38. The summed E-state index contributed by atoms with van der Waals surface area (Å²) in [5, 5.41) is 3.05. The molecule has 0 bridgehead atoms. The van der Waals surface area contributed by atoms with Crippen molar-refractivity contribution < 1.29 is 14.3 Å². The highest BCUT2D eigenvalue weighted by atomic mass is 16.5. The van der Waals surface area contributed by atoms with E-state index >= 15 is 0 Å². The minimum absolute atomic E-state index is 0.0127. The number of methoxy groups -OCH3 is 1. The van der Waals surface area contributed by atoms with Gasteiger partial charge in [0, 0.05) is 32.0 Å². The van der Waals surface area contributed by atoms with Gasteiger partial charge in [0.15, 0.2) is 11.5 Å². The molecule has 156 valence electrons. The van der Waals surface area contributed by atoms with Crippen LogP contribution in [0.1, 0.15) is 23.6 Å².